The van der Waals surface area contributed by atoms with Gasteiger partial charge in [0.25, 0.3) is 0 Å². The van der Waals surface area contributed by atoms with Crippen LogP contribution in [-0.4, -0.2) is 44.0 Å². The topological polar surface area (TPSA) is 111 Å². The Labute approximate surface area is 184 Å². The first-order valence-corrected chi connectivity index (χ1v) is 10.3. The summed E-state index contributed by atoms with van der Waals surface area (Å²) in [5, 5.41) is 22.2. The van der Waals surface area contributed by atoms with Gasteiger partial charge in [-0.15, -0.1) is 5.10 Å². The minimum atomic E-state index is -0.137. The summed E-state index contributed by atoms with van der Waals surface area (Å²) in [6, 6.07) is 5.63. The molecule has 0 fully saturated rings. The predicted molar refractivity (Wildman–Crippen MR) is 120 cm³/mol. The fraction of sp³-hybridized carbons (Fsp3) is 0.227. The lowest BCUT2D eigenvalue weighted by atomic mass is 10.1. The number of hydrogen-bond acceptors (Lipinski definition) is 7. The number of pyridine rings is 1. The Bertz CT molecular complexity index is 1410. The summed E-state index contributed by atoms with van der Waals surface area (Å²) in [4.78, 5) is 13.4. The molecule has 0 aliphatic heterocycles. The molecule has 5 aromatic rings. The van der Waals surface area contributed by atoms with Crippen molar-refractivity contribution in [1.29, 1.82) is 0 Å². The summed E-state index contributed by atoms with van der Waals surface area (Å²) in [5.74, 6) is 1.78. The molecule has 0 unspecified atom stereocenters. The molecule has 5 rings (SSSR count). The van der Waals surface area contributed by atoms with Gasteiger partial charge in [0.05, 0.1) is 18.0 Å². The molecule has 0 aromatic carbocycles. The monoisotopic (exact) mass is 429 g/mol. The van der Waals surface area contributed by atoms with Gasteiger partial charge in [-0.3, -0.25) is 9.67 Å². The first-order chi connectivity index (χ1) is 15.6. The Balaban J connectivity index is 1.70. The number of hydrogen-bond donors (Lipinski definition) is 2. The smallest absolute Gasteiger partial charge is 0.218 e. The lowest BCUT2D eigenvalue weighted by Gasteiger charge is -2.11. The molecule has 0 amide bonds. The second-order valence-electron chi connectivity index (χ2n) is 7.48. The molecule has 10 heteroatoms. The molecular formula is C22H23N9O. The number of nitrogens with zero attached hydrogens (tertiary/aromatic N) is 8. The third-order valence-corrected chi connectivity index (χ3v) is 5.39. The summed E-state index contributed by atoms with van der Waals surface area (Å²) < 4.78 is 5.60. The largest absolute Gasteiger partial charge is 0.390 e. The molecule has 0 aliphatic carbocycles. The zero-order valence-corrected chi connectivity index (χ0v) is 18.1. The van der Waals surface area contributed by atoms with Crippen molar-refractivity contribution >= 4 is 17.0 Å². The average molecular weight is 429 g/mol. The number of anilines is 2. The molecule has 10 nitrogen and oxygen atoms in total. The van der Waals surface area contributed by atoms with E-state index in [4.69, 9.17) is 10.1 Å². The second-order valence-corrected chi connectivity index (χ2v) is 7.48. The number of aliphatic hydroxyl groups is 1. The number of aliphatic hydroxyl groups excluding tert-OH is 1. The fourth-order valence-electron chi connectivity index (χ4n) is 3.71. The zero-order valence-electron chi connectivity index (χ0n) is 18.1. The van der Waals surface area contributed by atoms with Gasteiger partial charge in [-0.2, -0.15) is 5.10 Å². The van der Waals surface area contributed by atoms with Gasteiger partial charge in [0.1, 0.15) is 5.52 Å². The summed E-state index contributed by atoms with van der Waals surface area (Å²) in [6.07, 6.45) is 9.17. The highest BCUT2D eigenvalue weighted by Crippen LogP contribution is 2.32. The van der Waals surface area contributed by atoms with Crippen LogP contribution in [-0.2, 0) is 20.2 Å². The van der Waals surface area contributed by atoms with E-state index in [-0.39, 0.29) is 6.61 Å². The van der Waals surface area contributed by atoms with E-state index in [1.807, 2.05) is 58.5 Å². The average Bonchev–Trinajstić information content (AvgIpc) is 3.52. The SMILES string of the molecule is CCn1ccc(-c2cn3nc(-c4nccn4C)nc(Nc4ccnc(CO)c4)c3c2C)n1. The van der Waals surface area contributed by atoms with Crippen LogP contribution in [0.3, 0.4) is 0 Å². The summed E-state index contributed by atoms with van der Waals surface area (Å²) >= 11 is 0. The first-order valence-electron chi connectivity index (χ1n) is 10.3. The fourth-order valence-corrected chi connectivity index (χ4v) is 3.71. The maximum atomic E-state index is 9.46. The molecule has 0 atom stereocenters. The molecule has 0 saturated heterocycles. The molecule has 5 heterocycles. The van der Waals surface area contributed by atoms with E-state index < -0.39 is 0 Å². The molecule has 162 valence electrons. The van der Waals surface area contributed by atoms with Gasteiger partial charge < -0.3 is 15.0 Å². The van der Waals surface area contributed by atoms with Crippen LogP contribution in [0.15, 0.2) is 49.2 Å². The minimum absolute atomic E-state index is 0.137. The second kappa shape index (κ2) is 7.89. The Morgan fingerprint density at radius 2 is 1.97 bits per heavy atom. The van der Waals surface area contributed by atoms with Crippen LogP contribution >= 0.6 is 0 Å². The van der Waals surface area contributed by atoms with Crippen molar-refractivity contribution in [3.05, 3.63) is 60.4 Å². The number of fused-ring (bicyclic) bond motifs is 1. The molecule has 0 radical (unpaired) electrons. The maximum absolute atomic E-state index is 9.46. The highest BCUT2D eigenvalue weighted by Gasteiger charge is 2.19. The number of imidazole rings is 1. The van der Waals surface area contributed by atoms with E-state index in [9.17, 15) is 5.11 Å². The lowest BCUT2D eigenvalue weighted by molar-refractivity contribution is 0.277. The van der Waals surface area contributed by atoms with E-state index in [0.717, 1.165) is 34.6 Å². The Kier molecular flexibility index (Phi) is 4.91. The van der Waals surface area contributed by atoms with Gasteiger partial charge >= 0.3 is 0 Å². The van der Waals surface area contributed by atoms with Crippen LogP contribution in [0.25, 0.3) is 28.4 Å². The highest BCUT2D eigenvalue weighted by atomic mass is 16.3. The Morgan fingerprint density at radius 1 is 1.09 bits per heavy atom. The summed E-state index contributed by atoms with van der Waals surface area (Å²) in [5.41, 5.74) is 5.06. The van der Waals surface area contributed by atoms with Crippen molar-refractivity contribution in [1.82, 2.24) is 38.9 Å². The molecule has 32 heavy (non-hydrogen) atoms. The van der Waals surface area contributed by atoms with Crippen LogP contribution in [0, 0.1) is 6.92 Å². The zero-order chi connectivity index (χ0) is 22.2. The quantitative estimate of drug-likeness (QED) is 0.427. The Morgan fingerprint density at radius 3 is 2.69 bits per heavy atom. The van der Waals surface area contributed by atoms with E-state index in [1.165, 1.54) is 0 Å². The number of rotatable bonds is 6. The van der Waals surface area contributed by atoms with Crippen molar-refractivity contribution in [3.63, 3.8) is 0 Å². The van der Waals surface area contributed by atoms with Crippen molar-refractivity contribution in [2.45, 2.75) is 27.0 Å². The van der Waals surface area contributed by atoms with E-state index in [1.54, 1.807) is 18.5 Å². The van der Waals surface area contributed by atoms with Gasteiger partial charge in [-0.05, 0) is 37.6 Å². The minimum Gasteiger partial charge on any atom is -0.390 e. The predicted octanol–water partition coefficient (Wildman–Crippen LogP) is 2.95. The number of aryl methyl sites for hydroxylation is 3. The van der Waals surface area contributed by atoms with Crippen LogP contribution in [0.2, 0.25) is 0 Å². The van der Waals surface area contributed by atoms with Crippen molar-refractivity contribution in [2.24, 2.45) is 7.05 Å². The molecule has 0 bridgehead atoms. The third kappa shape index (κ3) is 3.40. The summed E-state index contributed by atoms with van der Waals surface area (Å²) in [6.45, 7) is 4.76. The molecule has 2 N–H and O–H groups in total. The molecule has 0 aliphatic rings. The maximum Gasteiger partial charge on any atom is 0.218 e. The molecular weight excluding hydrogens is 406 g/mol. The van der Waals surface area contributed by atoms with Crippen molar-refractivity contribution in [3.8, 4) is 22.9 Å². The van der Waals surface area contributed by atoms with Crippen molar-refractivity contribution < 1.29 is 5.11 Å². The van der Waals surface area contributed by atoms with E-state index in [0.29, 0.717) is 23.2 Å². The molecule has 5 aromatic heterocycles. The summed E-state index contributed by atoms with van der Waals surface area (Å²) in [7, 11) is 1.91. The van der Waals surface area contributed by atoms with E-state index >= 15 is 0 Å². The van der Waals surface area contributed by atoms with Crippen LogP contribution in [0.5, 0.6) is 0 Å². The van der Waals surface area contributed by atoms with Crippen LogP contribution in [0.1, 0.15) is 18.2 Å². The number of nitrogens with one attached hydrogen (secondary N) is 1. The molecule has 0 spiro atoms. The molecule has 0 saturated carbocycles. The lowest BCUT2D eigenvalue weighted by Crippen LogP contribution is -2.06. The standard InChI is InChI=1S/C22H23N9O/c1-4-30-9-6-18(27-30)17-12-31-19(14(17)2)20(25-15-5-7-23-16(11-15)13-32)26-21(28-31)22-24-8-10-29(22)3/h5-12,32H,4,13H2,1-3H3,(H,23,25,26,28). The first kappa shape index (κ1) is 19.9. The Hall–Kier alpha value is -4.05. The van der Waals surface area contributed by atoms with Crippen LogP contribution in [0.4, 0.5) is 11.5 Å². The highest BCUT2D eigenvalue weighted by molar-refractivity contribution is 5.84. The van der Waals surface area contributed by atoms with E-state index in [2.05, 4.69) is 27.3 Å². The van der Waals surface area contributed by atoms with Gasteiger partial charge in [0.15, 0.2) is 11.6 Å². The number of aromatic nitrogens is 8. The van der Waals surface area contributed by atoms with Crippen LogP contribution < -0.4 is 5.32 Å². The normalized spacial score (nSPS) is 11.4. The van der Waals surface area contributed by atoms with Gasteiger partial charge in [-0.1, -0.05) is 0 Å². The van der Waals surface area contributed by atoms with Gasteiger partial charge in [0, 0.05) is 55.8 Å². The van der Waals surface area contributed by atoms with Crippen molar-refractivity contribution in [2.75, 3.05) is 5.32 Å². The van der Waals surface area contributed by atoms with Gasteiger partial charge in [0.2, 0.25) is 5.82 Å². The van der Waals surface area contributed by atoms with Gasteiger partial charge in [-0.25, -0.2) is 14.5 Å². The third-order valence-electron chi connectivity index (χ3n) is 5.39.